The van der Waals surface area contributed by atoms with Gasteiger partial charge in [-0.25, -0.2) is 0 Å². The molecule has 1 aromatic rings. The molecule has 3 heterocycles. The van der Waals surface area contributed by atoms with E-state index in [0.717, 1.165) is 51.9 Å². The number of hydrogen-bond acceptors (Lipinski definition) is 3. The molecule has 1 aromatic heterocycles. The van der Waals surface area contributed by atoms with Crippen molar-refractivity contribution in [1.82, 2.24) is 9.80 Å². The molecule has 114 valence electrons. The number of nitrogens with zero attached hydrogens (tertiary/aromatic N) is 2. The van der Waals surface area contributed by atoms with Crippen molar-refractivity contribution < 1.29 is 14.0 Å². The van der Waals surface area contributed by atoms with E-state index in [2.05, 4.69) is 0 Å². The summed E-state index contributed by atoms with van der Waals surface area (Å²) in [6, 6.07) is 3.45. The smallest absolute Gasteiger partial charge is 0.289 e. The number of piperidine rings is 2. The van der Waals surface area contributed by atoms with E-state index in [-0.39, 0.29) is 5.91 Å². The van der Waals surface area contributed by atoms with Crippen LogP contribution in [0.1, 0.15) is 42.7 Å². The van der Waals surface area contributed by atoms with Crippen LogP contribution in [0.3, 0.4) is 0 Å². The number of furan rings is 1. The third-order valence-electron chi connectivity index (χ3n) is 4.53. The predicted octanol–water partition coefficient (Wildman–Crippen LogP) is 2.14. The molecule has 0 aromatic carbocycles. The average Bonchev–Trinajstić information content (AvgIpc) is 3.04. The van der Waals surface area contributed by atoms with Crippen molar-refractivity contribution in [2.75, 3.05) is 26.2 Å². The van der Waals surface area contributed by atoms with Crippen molar-refractivity contribution in [3.63, 3.8) is 0 Å². The number of carbonyl (C=O) groups is 2. The lowest BCUT2D eigenvalue weighted by Gasteiger charge is -2.35. The quantitative estimate of drug-likeness (QED) is 0.857. The number of amides is 2. The van der Waals surface area contributed by atoms with Gasteiger partial charge in [0.2, 0.25) is 5.91 Å². The summed E-state index contributed by atoms with van der Waals surface area (Å²) in [6.07, 6.45) is 6.33. The topological polar surface area (TPSA) is 53.8 Å². The molecule has 2 aliphatic rings. The van der Waals surface area contributed by atoms with Gasteiger partial charge in [-0.3, -0.25) is 9.59 Å². The molecular formula is C16H22N2O3. The van der Waals surface area contributed by atoms with Crippen molar-refractivity contribution >= 4 is 11.8 Å². The summed E-state index contributed by atoms with van der Waals surface area (Å²) in [4.78, 5) is 27.9. The lowest BCUT2D eigenvalue weighted by Crippen LogP contribution is -2.44. The predicted molar refractivity (Wildman–Crippen MR) is 77.8 cm³/mol. The molecule has 5 heteroatoms. The molecule has 0 aliphatic carbocycles. The molecule has 2 fully saturated rings. The van der Waals surface area contributed by atoms with Gasteiger partial charge in [0.1, 0.15) is 0 Å². The molecular weight excluding hydrogens is 268 g/mol. The zero-order valence-electron chi connectivity index (χ0n) is 12.3. The van der Waals surface area contributed by atoms with Crippen molar-refractivity contribution in [3.05, 3.63) is 24.2 Å². The molecule has 21 heavy (non-hydrogen) atoms. The number of rotatable bonds is 3. The van der Waals surface area contributed by atoms with E-state index in [1.165, 1.54) is 6.26 Å². The van der Waals surface area contributed by atoms with Crippen LogP contribution in [0.4, 0.5) is 0 Å². The first-order valence-electron chi connectivity index (χ1n) is 7.84. The Morgan fingerprint density at radius 3 is 2.71 bits per heavy atom. The lowest BCUT2D eigenvalue weighted by molar-refractivity contribution is -0.134. The normalized spacial score (nSPS) is 20.9. The van der Waals surface area contributed by atoms with Gasteiger partial charge in [0.25, 0.3) is 5.91 Å². The zero-order chi connectivity index (χ0) is 14.7. The van der Waals surface area contributed by atoms with Gasteiger partial charge in [-0.1, -0.05) is 0 Å². The van der Waals surface area contributed by atoms with Crippen LogP contribution in [0.2, 0.25) is 0 Å². The van der Waals surface area contributed by atoms with E-state index < -0.39 is 0 Å². The summed E-state index contributed by atoms with van der Waals surface area (Å²) >= 11 is 0. The first kappa shape index (κ1) is 14.2. The molecule has 0 N–H and O–H groups in total. The van der Waals surface area contributed by atoms with E-state index >= 15 is 0 Å². The first-order chi connectivity index (χ1) is 10.2. The van der Waals surface area contributed by atoms with Gasteiger partial charge in [0, 0.05) is 32.6 Å². The molecule has 2 amide bonds. The molecule has 0 unspecified atom stereocenters. The maximum absolute atomic E-state index is 12.2. The van der Waals surface area contributed by atoms with Crippen LogP contribution in [-0.2, 0) is 4.79 Å². The Morgan fingerprint density at radius 1 is 1.24 bits per heavy atom. The summed E-state index contributed by atoms with van der Waals surface area (Å²) in [5, 5.41) is 0. The van der Waals surface area contributed by atoms with Crippen molar-refractivity contribution in [1.29, 1.82) is 0 Å². The van der Waals surface area contributed by atoms with Crippen molar-refractivity contribution in [2.24, 2.45) is 5.92 Å². The molecule has 2 aliphatic heterocycles. The molecule has 0 radical (unpaired) electrons. The van der Waals surface area contributed by atoms with Crippen molar-refractivity contribution in [3.8, 4) is 0 Å². The van der Waals surface area contributed by atoms with Gasteiger partial charge in [-0.2, -0.15) is 0 Å². The van der Waals surface area contributed by atoms with Crippen LogP contribution < -0.4 is 0 Å². The summed E-state index contributed by atoms with van der Waals surface area (Å²) in [5.74, 6) is 1.22. The van der Waals surface area contributed by atoms with Gasteiger partial charge in [0.05, 0.1) is 6.26 Å². The molecule has 0 bridgehead atoms. The molecule has 2 saturated heterocycles. The van der Waals surface area contributed by atoms with E-state index in [0.29, 0.717) is 24.0 Å². The third kappa shape index (κ3) is 3.28. The second kappa shape index (κ2) is 6.33. The highest BCUT2D eigenvalue weighted by Gasteiger charge is 2.27. The summed E-state index contributed by atoms with van der Waals surface area (Å²) in [5.41, 5.74) is 0. The van der Waals surface area contributed by atoms with E-state index in [9.17, 15) is 9.59 Å². The zero-order valence-corrected chi connectivity index (χ0v) is 12.3. The highest BCUT2D eigenvalue weighted by Crippen LogP contribution is 2.22. The van der Waals surface area contributed by atoms with E-state index in [4.69, 9.17) is 4.42 Å². The minimum Gasteiger partial charge on any atom is -0.459 e. The Hall–Kier alpha value is -1.78. The third-order valence-corrected chi connectivity index (χ3v) is 4.53. The van der Waals surface area contributed by atoms with Crippen LogP contribution in [0.25, 0.3) is 0 Å². The highest BCUT2D eigenvalue weighted by molar-refractivity contribution is 5.91. The van der Waals surface area contributed by atoms with Crippen LogP contribution >= 0.6 is 0 Å². The fourth-order valence-electron chi connectivity index (χ4n) is 3.24. The standard InChI is InChI=1S/C16H22N2O3/c19-15-5-1-2-8-18(15)12-13-6-9-17(10-7-13)16(20)14-4-3-11-21-14/h3-4,11,13H,1-2,5-10,12H2. The molecule has 0 spiro atoms. The Kier molecular flexibility index (Phi) is 4.27. The van der Waals surface area contributed by atoms with E-state index in [1.54, 1.807) is 12.1 Å². The second-order valence-corrected chi connectivity index (χ2v) is 6.01. The van der Waals surface area contributed by atoms with Crippen LogP contribution in [0, 0.1) is 5.92 Å². The fraction of sp³-hybridized carbons (Fsp3) is 0.625. The molecule has 0 atom stereocenters. The highest BCUT2D eigenvalue weighted by atomic mass is 16.3. The summed E-state index contributed by atoms with van der Waals surface area (Å²) in [6.45, 7) is 3.28. The first-order valence-corrected chi connectivity index (χ1v) is 7.84. The Morgan fingerprint density at radius 2 is 2.05 bits per heavy atom. The van der Waals surface area contributed by atoms with Crippen LogP contribution in [-0.4, -0.2) is 47.8 Å². The van der Waals surface area contributed by atoms with Crippen molar-refractivity contribution in [2.45, 2.75) is 32.1 Å². The van der Waals surface area contributed by atoms with Gasteiger partial charge in [-0.05, 0) is 43.7 Å². The number of likely N-dealkylation sites (tertiary alicyclic amines) is 2. The number of carbonyl (C=O) groups excluding carboxylic acids is 2. The van der Waals surface area contributed by atoms with Gasteiger partial charge >= 0.3 is 0 Å². The Labute approximate surface area is 124 Å². The lowest BCUT2D eigenvalue weighted by atomic mass is 9.95. The van der Waals surface area contributed by atoms with Gasteiger partial charge in [-0.15, -0.1) is 0 Å². The molecule has 3 rings (SSSR count). The Balaban J connectivity index is 1.49. The summed E-state index contributed by atoms with van der Waals surface area (Å²) in [7, 11) is 0. The molecule has 5 nitrogen and oxygen atoms in total. The van der Waals surface area contributed by atoms with E-state index in [1.807, 2.05) is 9.80 Å². The van der Waals surface area contributed by atoms with Gasteiger partial charge < -0.3 is 14.2 Å². The largest absolute Gasteiger partial charge is 0.459 e. The van der Waals surface area contributed by atoms with Crippen LogP contribution in [0.5, 0.6) is 0 Å². The monoisotopic (exact) mass is 290 g/mol. The maximum Gasteiger partial charge on any atom is 0.289 e. The second-order valence-electron chi connectivity index (χ2n) is 6.01. The fourth-order valence-corrected chi connectivity index (χ4v) is 3.24. The Bertz CT molecular complexity index is 490. The SMILES string of the molecule is O=C1CCCCN1CC1CCN(C(=O)c2ccco2)CC1. The average molecular weight is 290 g/mol. The minimum atomic E-state index is -0.0208. The minimum absolute atomic E-state index is 0.0208. The molecule has 0 saturated carbocycles. The van der Waals surface area contributed by atoms with Gasteiger partial charge in [0.15, 0.2) is 5.76 Å². The maximum atomic E-state index is 12.2. The number of hydrogen-bond donors (Lipinski definition) is 0. The summed E-state index contributed by atoms with van der Waals surface area (Å²) < 4.78 is 5.17. The van der Waals surface area contributed by atoms with Crippen LogP contribution in [0.15, 0.2) is 22.8 Å².